The number of carbonyl (C=O) groups is 1. The van der Waals surface area contributed by atoms with Crippen molar-refractivity contribution >= 4 is 46.8 Å². The maximum Gasteiger partial charge on any atom is 0.405 e. The van der Waals surface area contributed by atoms with Crippen LogP contribution in [0.5, 0.6) is 11.5 Å². The summed E-state index contributed by atoms with van der Waals surface area (Å²) in [6, 6.07) is 8.73. The van der Waals surface area contributed by atoms with Gasteiger partial charge in [0, 0.05) is 32.3 Å². The van der Waals surface area contributed by atoms with E-state index < -0.39 is 41.7 Å². The predicted molar refractivity (Wildman–Crippen MR) is 160 cm³/mol. The standard InChI is InChI=1S/C26H25ClF5N5O3S.C2H6/c1-13-7-8-17(16(29)9-13)34-23-20(24(38)33-12-26(30,31)32)22(14(2)25(39)36(23)3)40-19-6-4-5-18(21(19)27)35-41-37-10-15(28)11-37;1-2/h4-9,15,34-35H,10-12H2,1-3H3,(H,33,38);1-2H3. The molecular weight excluding hydrogens is 617 g/mol. The van der Waals surface area contributed by atoms with Gasteiger partial charge in [-0.1, -0.05) is 37.6 Å². The number of pyridine rings is 1. The molecule has 4 rings (SSSR count). The number of amides is 1. The fourth-order valence-corrected chi connectivity index (χ4v) is 5.01. The predicted octanol–water partition coefficient (Wildman–Crippen LogP) is 7.28. The van der Waals surface area contributed by atoms with Gasteiger partial charge in [-0.05, 0) is 43.7 Å². The molecule has 0 spiro atoms. The van der Waals surface area contributed by atoms with E-state index in [4.69, 9.17) is 16.3 Å². The Bertz CT molecular complexity index is 1530. The maximum atomic E-state index is 14.7. The molecule has 0 bridgehead atoms. The molecular formula is C28H31ClF5N5O3S. The Morgan fingerprint density at radius 3 is 2.42 bits per heavy atom. The van der Waals surface area contributed by atoms with Crippen LogP contribution in [-0.2, 0) is 7.05 Å². The number of halogens is 6. The second-order valence-corrected chi connectivity index (χ2v) is 10.6. The second kappa shape index (κ2) is 14.3. The highest BCUT2D eigenvalue weighted by atomic mass is 35.5. The van der Waals surface area contributed by atoms with E-state index >= 15 is 0 Å². The maximum absolute atomic E-state index is 14.7. The van der Waals surface area contributed by atoms with Crippen molar-refractivity contribution in [3.05, 3.63) is 74.3 Å². The van der Waals surface area contributed by atoms with Gasteiger partial charge < -0.3 is 20.1 Å². The molecule has 8 nitrogen and oxygen atoms in total. The first-order valence-electron chi connectivity index (χ1n) is 13.1. The summed E-state index contributed by atoms with van der Waals surface area (Å²) in [6.45, 7) is 5.77. The molecule has 1 aliphatic rings. The minimum atomic E-state index is -4.73. The number of hydrogen-bond donors (Lipinski definition) is 3. The van der Waals surface area contributed by atoms with Crippen molar-refractivity contribution < 1.29 is 31.5 Å². The third kappa shape index (κ3) is 8.33. The quantitative estimate of drug-likeness (QED) is 0.166. The van der Waals surface area contributed by atoms with Crippen molar-refractivity contribution in [1.29, 1.82) is 0 Å². The van der Waals surface area contributed by atoms with Gasteiger partial charge >= 0.3 is 6.18 Å². The number of nitrogens with zero attached hydrogens (tertiary/aromatic N) is 2. The van der Waals surface area contributed by atoms with E-state index in [0.29, 0.717) is 11.3 Å². The SMILES string of the molecule is CC.Cc1ccc(Nc2c(C(=O)NCC(F)(F)F)c(Oc3cccc(NSN4CC(F)C4)c3Cl)c(C)c(=O)n2C)c(F)c1. The van der Waals surface area contributed by atoms with Crippen molar-refractivity contribution in [2.45, 2.75) is 40.0 Å². The van der Waals surface area contributed by atoms with E-state index in [-0.39, 0.29) is 46.7 Å². The smallest absolute Gasteiger partial charge is 0.405 e. The lowest BCUT2D eigenvalue weighted by molar-refractivity contribution is -0.123. The number of aromatic nitrogens is 1. The first-order chi connectivity index (χ1) is 20.2. The van der Waals surface area contributed by atoms with Crippen molar-refractivity contribution in [3.8, 4) is 11.5 Å². The molecule has 234 valence electrons. The molecule has 1 amide bonds. The third-order valence-electron chi connectivity index (χ3n) is 6.08. The van der Waals surface area contributed by atoms with Crippen LogP contribution in [0.4, 0.5) is 39.1 Å². The molecule has 15 heteroatoms. The van der Waals surface area contributed by atoms with Gasteiger partial charge in [0.25, 0.3) is 11.5 Å². The normalized spacial score (nSPS) is 13.5. The van der Waals surface area contributed by atoms with E-state index in [9.17, 15) is 31.5 Å². The molecule has 0 atom stereocenters. The summed E-state index contributed by atoms with van der Waals surface area (Å²) in [5, 5.41) is 4.48. The first kappa shape index (κ1) is 34.0. The number of rotatable bonds is 9. The molecule has 2 aromatic carbocycles. The summed E-state index contributed by atoms with van der Waals surface area (Å²) in [5.41, 5.74) is -0.431. The number of ether oxygens (including phenoxy) is 1. The van der Waals surface area contributed by atoms with Crippen molar-refractivity contribution in [1.82, 2.24) is 14.2 Å². The van der Waals surface area contributed by atoms with E-state index in [1.165, 1.54) is 32.2 Å². The lowest BCUT2D eigenvalue weighted by Gasteiger charge is -2.32. The summed E-state index contributed by atoms with van der Waals surface area (Å²) >= 11 is 7.64. The van der Waals surface area contributed by atoms with E-state index in [1.807, 2.05) is 13.8 Å². The molecule has 1 fully saturated rings. The summed E-state index contributed by atoms with van der Waals surface area (Å²) in [4.78, 5) is 26.4. The van der Waals surface area contributed by atoms with Crippen LogP contribution in [0.25, 0.3) is 0 Å². The van der Waals surface area contributed by atoms with Crippen LogP contribution >= 0.6 is 23.7 Å². The van der Waals surface area contributed by atoms with Crippen LogP contribution in [-0.4, -0.2) is 46.8 Å². The van der Waals surface area contributed by atoms with Crippen LogP contribution in [0.1, 0.15) is 35.3 Å². The Hall–Kier alpha value is -3.49. The molecule has 1 aliphatic heterocycles. The fraction of sp³-hybridized carbons (Fsp3) is 0.357. The van der Waals surface area contributed by atoms with Crippen LogP contribution < -0.4 is 25.7 Å². The lowest BCUT2D eigenvalue weighted by Crippen LogP contribution is -2.44. The summed E-state index contributed by atoms with van der Waals surface area (Å²) < 4.78 is 78.5. The second-order valence-electron chi connectivity index (χ2n) is 9.31. The molecule has 0 radical (unpaired) electrons. The van der Waals surface area contributed by atoms with Gasteiger partial charge in [0.15, 0.2) is 5.75 Å². The molecule has 3 N–H and O–H groups in total. The molecule has 0 saturated carbocycles. The summed E-state index contributed by atoms with van der Waals surface area (Å²) in [5.74, 6) is -2.67. The minimum absolute atomic E-state index is 0.0261. The van der Waals surface area contributed by atoms with E-state index in [1.54, 1.807) is 34.7 Å². The number of nitrogens with one attached hydrogen (secondary N) is 3. The highest BCUT2D eigenvalue weighted by Gasteiger charge is 2.32. The number of aryl methyl sites for hydroxylation is 1. The lowest BCUT2D eigenvalue weighted by atomic mass is 10.1. The zero-order valence-corrected chi connectivity index (χ0v) is 25.5. The van der Waals surface area contributed by atoms with Crippen molar-refractivity contribution in [3.63, 3.8) is 0 Å². The first-order valence-corrected chi connectivity index (χ1v) is 14.3. The van der Waals surface area contributed by atoms with Gasteiger partial charge in [0.05, 0.1) is 16.9 Å². The van der Waals surface area contributed by atoms with Gasteiger partial charge in [-0.2, -0.15) is 13.2 Å². The van der Waals surface area contributed by atoms with Gasteiger partial charge in [-0.15, -0.1) is 0 Å². The van der Waals surface area contributed by atoms with Crippen molar-refractivity contribution in [2.24, 2.45) is 7.05 Å². The fourth-order valence-electron chi connectivity index (χ4n) is 3.87. The zero-order chi connectivity index (χ0) is 32.1. The van der Waals surface area contributed by atoms with Crippen molar-refractivity contribution in [2.75, 3.05) is 29.7 Å². The Morgan fingerprint density at radius 1 is 1.14 bits per heavy atom. The number of benzene rings is 2. The number of hydrogen-bond acceptors (Lipinski definition) is 7. The monoisotopic (exact) mass is 647 g/mol. The Balaban J connectivity index is 0.00000248. The number of anilines is 3. The molecule has 43 heavy (non-hydrogen) atoms. The average molecular weight is 648 g/mol. The molecule has 1 aromatic heterocycles. The molecule has 1 saturated heterocycles. The third-order valence-corrected chi connectivity index (χ3v) is 7.34. The Labute approximate surface area is 254 Å². The highest BCUT2D eigenvalue weighted by molar-refractivity contribution is 7.98. The molecule has 3 aromatic rings. The van der Waals surface area contributed by atoms with E-state index in [0.717, 1.165) is 16.7 Å². The van der Waals surface area contributed by atoms with Crippen LogP contribution in [0, 0.1) is 19.7 Å². The minimum Gasteiger partial charge on any atom is -0.454 e. The number of carbonyl (C=O) groups excluding carboxylic acids is 1. The number of alkyl halides is 4. The summed E-state index contributed by atoms with van der Waals surface area (Å²) in [6.07, 6.45) is -5.65. The molecule has 2 heterocycles. The van der Waals surface area contributed by atoms with Gasteiger partial charge in [-0.3, -0.25) is 14.2 Å². The van der Waals surface area contributed by atoms with Gasteiger partial charge in [0.1, 0.15) is 40.7 Å². The topological polar surface area (TPSA) is 87.6 Å². The average Bonchev–Trinajstić information content (AvgIpc) is 2.94. The van der Waals surface area contributed by atoms with Crippen LogP contribution in [0.3, 0.4) is 0 Å². The molecule has 0 aliphatic carbocycles. The van der Waals surface area contributed by atoms with Gasteiger partial charge in [-0.25, -0.2) is 13.1 Å². The zero-order valence-electron chi connectivity index (χ0n) is 24.0. The Kier molecular flexibility index (Phi) is 11.3. The summed E-state index contributed by atoms with van der Waals surface area (Å²) in [7, 11) is 1.28. The highest BCUT2D eigenvalue weighted by Crippen LogP contribution is 2.40. The van der Waals surface area contributed by atoms with E-state index in [2.05, 4.69) is 10.0 Å². The molecule has 0 unspecified atom stereocenters. The largest absolute Gasteiger partial charge is 0.454 e. The van der Waals surface area contributed by atoms with Gasteiger partial charge in [0.2, 0.25) is 0 Å². The van der Waals surface area contributed by atoms with Crippen LogP contribution in [0.15, 0.2) is 41.2 Å². The van der Waals surface area contributed by atoms with Crippen LogP contribution in [0.2, 0.25) is 5.02 Å². The Morgan fingerprint density at radius 2 is 1.81 bits per heavy atom.